The van der Waals surface area contributed by atoms with Crippen LogP contribution in [0.25, 0.3) is 0 Å². The van der Waals surface area contributed by atoms with E-state index in [2.05, 4.69) is 57.6 Å². The fraction of sp³-hybridized carbons (Fsp3) is 0.250. The molecule has 0 amide bonds. The van der Waals surface area contributed by atoms with Crippen molar-refractivity contribution >= 4 is 52.2 Å². The predicted octanol–water partition coefficient (Wildman–Crippen LogP) is 5.41. The van der Waals surface area contributed by atoms with Crippen molar-refractivity contribution < 1.29 is 4.79 Å². The van der Waals surface area contributed by atoms with Crippen LogP contribution < -0.4 is 20.4 Å². The zero-order chi connectivity index (χ0) is 28.8. The van der Waals surface area contributed by atoms with Gasteiger partial charge in [-0.15, -0.1) is 0 Å². The van der Waals surface area contributed by atoms with Crippen LogP contribution in [-0.2, 0) is 4.79 Å². The van der Waals surface area contributed by atoms with Crippen molar-refractivity contribution in [2.75, 3.05) is 67.8 Å². The van der Waals surface area contributed by atoms with Crippen molar-refractivity contribution in [2.24, 2.45) is 4.99 Å². The molecule has 0 spiro atoms. The lowest BCUT2D eigenvalue weighted by atomic mass is 10.1. The summed E-state index contributed by atoms with van der Waals surface area (Å²) < 4.78 is 0. The Hall–Kier alpha value is -4.76. The number of likely N-dealkylation sites (N-methyl/N-ethyl adjacent to an activating group) is 1. The normalized spacial score (nSPS) is 14.0. The highest BCUT2D eigenvalue weighted by molar-refractivity contribution is 6.37. The molecule has 4 aromatic rings. The van der Waals surface area contributed by atoms with Crippen LogP contribution in [0.3, 0.4) is 0 Å². The Kier molecular flexibility index (Phi) is 8.55. The Morgan fingerprint density at radius 2 is 1.76 bits per heavy atom. The minimum atomic E-state index is 0.309. The first kappa shape index (κ1) is 27.8. The monoisotopic (exact) mass is 548 g/mol. The SMILES string of the molecule is CNc1cccc(N(C)c2nc(Nc3ccc(N4CCN(C)CC4)c(C)c3)ncc2N=C(C=O)c2ccccc2)c1. The summed E-state index contributed by atoms with van der Waals surface area (Å²) in [6.07, 6.45) is 2.42. The van der Waals surface area contributed by atoms with Gasteiger partial charge in [-0.2, -0.15) is 4.98 Å². The molecule has 0 bridgehead atoms. The van der Waals surface area contributed by atoms with E-state index in [1.54, 1.807) is 6.20 Å². The van der Waals surface area contributed by atoms with Crippen LogP contribution in [0.2, 0.25) is 0 Å². The third-order valence-electron chi connectivity index (χ3n) is 7.31. The predicted molar refractivity (Wildman–Crippen MR) is 169 cm³/mol. The number of hydrogen-bond acceptors (Lipinski definition) is 9. The van der Waals surface area contributed by atoms with Crippen LogP contribution in [-0.4, -0.2) is 74.2 Å². The van der Waals surface area contributed by atoms with Crippen LogP contribution in [0.4, 0.5) is 40.2 Å². The van der Waals surface area contributed by atoms with Gasteiger partial charge in [0.25, 0.3) is 0 Å². The molecule has 41 heavy (non-hydrogen) atoms. The highest BCUT2D eigenvalue weighted by atomic mass is 16.1. The molecule has 1 saturated heterocycles. The average Bonchev–Trinajstić information content (AvgIpc) is 3.01. The lowest BCUT2D eigenvalue weighted by molar-refractivity contribution is -0.102. The van der Waals surface area contributed by atoms with Crippen molar-refractivity contribution in [3.05, 3.63) is 90.1 Å². The Bertz CT molecular complexity index is 1530. The third-order valence-corrected chi connectivity index (χ3v) is 7.31. The molecule has 2 N–H and O–H groups in total. The van der Waals surface area contributed by atoms with E-state index in [9.17, 15) is 4.79 Å². The molecular formula is C32H36N8O. The second-order valence-corrected chi connectivity index (χ2v) is 10.2. The number of aryl methyl sites for hydroxylation is 1. The molecule has 0 unspecified atom stereocenters. The molecule has 9 heteroatoms. The van der Waals surface area contributed by atoms with Gasteiger partial charge in [-0.25, -0.2) is 9.98 Å². The number of piperazine rings is 1. The highest BCUT2D eigenvalue weighted by Gasteiger charge is 2.18. The first-order valence-corrected chi connectivity index (χ1v) is 13.7. The number of hydrogen-bond donors (Lipinski definition) is 2. The van der Waals surface area contributed by atoms with Gasteiger partial charge in [0, 0.05) is 68.6 Å². The Labute approximate surface area is 241 Å². The Morgan fingerprint density at radius 1 is 0.976 bits per heavy atom. The molecule has 9 nitrogen and oxygen atoms in total. The summed E-state index contributed by atoms with van der Waals surface area (Å²) in [5.74, 6) is 1.01. The molecule has 1 fully saturated rings. The molecule has 2 heterocycles. The first-order valence-electron chi connectivity index (χ1n) is 13.7. The minimum absolute atomic E-state index is 0.309. The quantitative estimate of drug-likeness (QED) is 0.212. The van der Waals surface area contributed by atoms with Gasteiger partial charge in [0.15, 0.2) is 12.1 Å². The summed E-state index contributed by atoms with van der Waals surface area (Å²) in [6, 6.07) is 23.7. The van der Waals surface area contributed by atoms with Crippen molar-refractivity contribution in [2.45, 2.75) is 6.92 Å². The minimum Gasteiger partial charge on any atom is -0.388 e. The van der Waals surface area contributed by atoms with E-state index < -0.39 is 0 Å². The zero-order valence-electron chi connectivity index (χ0n) is 24.0. The maximum absolute atomic E-state index is 12.0. The van der Waals surface area contributed by atoms with Crippen molar-refractivity contribution in [3.63, 3.8) is 0 Å². The van der Waals surface area contributed by atoms with Gasteiger partial charge >= 0.3 is 0 Å². The second kappa shape index (κ2) is 12.6. The summed E-state index contributed by atoms with van der Waals surface area (Å²) in [5, 5.41) is 6.55. The zero-order valence-corrected chi connectivity index (χ0v) is 24.0. The number of aldehydes is 1. The van der Waals surface area contributed by atoms with Crippen LogP contribution in [0, 0.1) is 6.92 Å². The van der Waals surface area contributed by atoms with E-state index >= 15 is 0 Å². The first-order chi connectivity index (χ1) is 19.9. The van der Waals surface area contributed by atoms with Gasteiger partial charge in [0.2, 0.25) is 5.95 Å². The molecule has 210 valence electrons. The molecule has 0 radical (unpaired) electrons. The smallest absolute Gasteiger partial charge is 0.229 e. The molecule has 0 saturated carbocycles. The molecule has 1 aromatic heterocycles. The number of carbonyl (C=O) groups excluding carboxylic acids is 1. The summed E-state index contributed by atoms with van der Waals surface area (Å²) >= 11 is 0. The summed E-state index contributed by atoms with van der Waals surface area (Å²) in [4.78, 5) is 32.9. The lowest BCUT2D eigenvalue weighted by Crippen LogP contribution is -2.44. The van der Waals surface area contributed by atoms with E-state index in [4.69, 9.17) is 9.98 Å². The van der Waals surface area contributed by atoms with E-state index in [-0.39, 0.29) is 0 Å². The summed E-state index contributed by atoms with van der Waals surface area (Å²) in [7, 11) is 5.98. The molecule has 1 aliphatic heterocycles. The number of aromatic nitrogens is 2. The number of anilines is 6. The number of carbonyl (C=O) groups is 1. The van der Waals surface area contributed by atoms with Crippen LogP contribution in [0.15, 0.2) is 84.0 Å². The molecule has 0 aliphatic carbocycles. The van der Waals surface area contributed by atoms with Gasteiger partial charge in [-0.1, -0.05) is 36.4 Å². The van der Waals surface area contributed by atoms with E-state index in [1.165, 1.54) is 11.3 Å². The standard InChI is InChI=1S/C32H36N8O/c1-23-19-26(13-14-30(23)40-17-15-38(3)16-18-40)35-32-34-21-28(36-29(22-41)24-9-6-5-7-10-24)31(37-32)39(4)27-12-8-11-25(20-27)33-2/h5-14,19-22,33H,15-18H2,1-4H3,(H,34,35,37). The van der Waals surface area contributed by atoms with Crippen LogP contribution >= 0.6 is 0 Å². The van der Waals surface area contributed by atoms with E-state index in [1.807, 2.05) is 73.6 Å². The molecule has 0 atom stereocenters. The Morgan fingerprint density at radius 3 is 2.46 bits per heavy atom. The third kappa shape index (κ3) is 6.53. The second-order valence-electron chi connectivity index (χ2n) is 10.2. The van der Waals surface area contributed by atoms with Gasteiger partial charge in [-0.3, -0.25) is 4.79 Å². The van der Waals surface area contributed by atoms with Crippen LogP contribution in [0.1, 0.15) is 11.1 Å². The maximum Gasteiger partial charge on any atom is 0.229 e. The molecule has 1 aliphatic rings. The number of benzene rings is 3. The molecule has 5 rings (SSSR count). The number of aliphatic imine (C=N–C) groups is 1. The van der Waals surface area contributed by atoms with Crippen molar-refractivity contribution in [1.82, 2.24) is 14.9 Å². The van der Waals surface area contributed by atoms with E-state index in [0.717, 1.165) is 55.1 Å². The van der Waals surface area contributed by atoms with Crippen molar-refractivity contribution in [1.29, 1.82) is 0 Å². The van der Waals surface area contributed by atoms with Crippen molar-refractivity contribution in [3.8, 4) is 0 Å². The van der Waals surface area contributed by atoms with Gasteiger partial charge in [0.05, 0.1) is 6.20 Å². The Balaban J connectivity index is 1.48. The van der Waals surface area contributed by atoms with Crippen LogP contribution in [0.5, 0.6) is 0 Å². The summed E-state index contributed by atoms with van der Waals surface area (Å²) in [6.45, 7) is 6.30. The fourth-order valence-electron chi connectivity index (χ4n) is 4.91. The van der Waals surface area contributed by atoms with E-state index in [0.29, 0.717) is 23.2 Å². The number of nitrogens with one attached hydrogen (secondary N) is 2. The topological polar surface area (TPSA) is 89.0 Å². The summed E-state index contributed by atoms with van der Waals surface area (Å²) in [5.41, 5.74) is 6.76. The van der Waals surface area contributed by atoms with Gasteiger partial charge in [-0.05, 0) is 55.9 Å². The maximum atomic E-state index is 12.0. The fourth-order valence-corrected chi connectivity index (χ4v) is 4.91. The lowest BCUT2D eigenvalue weighted by Gasteiger charge is -2.35. The number of nitrogens with zero attached hydrogens (tertiary/aromatic N) is 6. The van der Waals surface area contributed by atoms with Gasteiger partial charge < -0.3 is 25.3 Å². The molecule has 3 aromatic carbocycles. The average molecular weight is 549 g/mol. The number of rotatable bonds is 9. The molecular weight excluding hydrogens is 512 g/mol. The highest BCUT2D eigenvalue weighted by Crippen LogP contribution is 2.34. The largest absolute Gasteiger partial charge is 0.388 e. The van der Waals surface area contributed by atoms with Gasteiger partial charge in [0.1, 0.15) is 11.4 Å².